The number of aliphatic hydroxyl groups excluding tert-OH is 1. The number of hydrogen-bond acceptors (Lipinski definition) is 13. The molecule has 0 unspecified atom stereocenters. The van der Waals surface area contributed by atoms with Crippen molar-refractivity contribution in [2.75, 3.05) is 0 Å². The molecule has 0 radical (unpaired) electrons. The summed E-state index contributed by atoms with van der Waals surface area (Å²) < 4.78 is 11.7. The summed E-state index contributed by atoms with van der Waals surface area (Å²) in [6.07, 6.45) is -4.81. The summed E-state index contributed by atoms with van der Waals surface area (Å²) >= 11 is 0. The van der Waals surface area contributed by atoms with Crippen molar-refractivity contribution in [1.82, 2.24) is 0 Å². The van der Waals surface area contributed by atoms with Crippen molar-refractivity contribution < 1.29 is 65.0 Å². The maximum Gasteiger partial charge on any atom is 0.202 e. The van der Waals surface area contributed by atoms with Gasteiger partial charge in [0.25, 0.3) is 0 Å². The van der Waals surface area contributed by atoms with Gasteiger partial charge in [-0.25, -0.2) is 0 Å². The van der Waals surface area contributed by atoms with Gasteiger partial charge in [0.15, 0.2) is 41.0 Å². The van der Waals surface area contributed by atoms with Crippen molar-refractivity contribution in [1.29, 1.82) is 0 Å². The van der Waals surface area contributed by atoms with Gasteiger partial charge in [0.05, 0.1) is 11.5 Å². The molecule has 2 aliphatic rings. The SMILES string of the molecule is O=C1c2c(cc(O)c([C@@H]3C(=O)c4c(O)cc(O)cc4O[C@H]3c3ccc(O)c(O)c3)c2O)O[C@H](c2ccc(O)c(O)c2)[C@H]1O. The van der Waals surface area contributed by atoms with E-state index in [1.54, 1.807) is 0 Å². The number of benzene rings is 4. The number of ketones is 2. The molecule has 220 valence electrons. The number of phenolic OH excluding ortho intramolecular Hbond substituents is 8. The third-order valence-corrected chi connectivity index (χ3v) is 7.46. The second kappa shape index (κ2) is 9.63. The van der Waals surface area contributed by atoms with Crippen LogP contribution < -0.4 is 9.47 Å². The van der Waals surface area contributed by atoms with Crippen LogP contribution in [-0.4, -0.2) is 63.6 Å². The lowest BCUT2D eigenvalue weighted by Crippen LogP contribution is -2.37. The van der Waals surface area contributed by atoms with Crippen LogP contribution in [0, 0.1) is 0 Å². The van der Waals surface area contributed by atoms with E-state index in [0.29, 0.717) is 0 Å². The number of Topliss-reactive ketones (excluding diaryl/α,β-unsaturated/α-hetero) is 2. The molecular formula is C30H22O13. The van der Waals surface area contributed by atoms with Crippen molar-refractivity contribution >= 4 is 11.6 Å². The first kappa shape index (κ1) is 27.4. The summed E-state index contributed by atoms with van der Waals surface area (Å²) in [5.41, 5.74) is -1.38. The van der Waals surface area contributed by atoms with Crippen LogP contribution in [0.3, 0.4) is 0 Å². The number of aromatic hydroxyl groups is 8. The second-order valence-electron chi connectivity index (χ2n) is 10.1. The highest BCUT2D eigenvalue weighted by Crippen LogP contribution is 2.55. The van der Waals surface area contributed by atoms with Gasteiger partial charge in [-0.3, -0.25) is 9.59 Å². The second-order valence-corrected chi connectivity index (χ2v) is 10.1. The fraction of sp³-hybridized carbons (Fsp3) is 0.133. The molecule has 43 heavy (non-hydrogen) atoms. The van der Waals surface area contributed by atoms with Crippen LogP contribution in [0.4, 0.5) is 0 Å². The van der Waals surface area contributed by atoms with E-state index >= 15 is 0 Å². The van der Waals surface area contributed by atoms with Crippen LogP contribution >= 0.6 is 0 Å². The quantitative estimate of drug-likeness (QED) is 0.156. The predicted octanol–water partition coefficient (Wildman–Crippen LogP) is 3.11. The molecule has 4 atom stereocenters. The summed E-state index contributed by atoms with van der Waals surface area (Å²) in [6.45, 7) is 0. The first-order chi connectivity index (χ1) is 20.4. The van der Waals surface area contributed by atoms with Crippen LogP contribution in [-0.2, 0) is 0 Å². The smallest absolute Gasteiger partial charge is 0.202 e. The van der Waals surface area contributed by atoms with Gasteiger partial charge in [0.1, 0.15) is 51.7 Å². The third-order valence-electron chi connectivity index (χ3n) is 7.46. The van der Waals surface area contributed by atoms with Gasteiger partial charge >= 0.3 is 0 Å². The lowest BCUT2D eigenvalue weighted by Gasteiger charge is -2.35. The summed E-state index contributed by atoms with van der Waals surface area (Å²) in [6, 6.07) is 9.79. The van der Waals surface area contributed by atoms with Gasteiger partial charge in [-0.1, -0.05) is 12.1 Å². The Morgan fingerprint density at radius 2 is 1.09 bits per heavy atom. The number of hydrogen-bond donors (Lipinski definition) is 9. The van der Waals surface area contributed by atoms with E-state index in [1.807, 2.05) is 0 Å². The van der Waals surface area contributed by atoms with Crippen LogP contribution in [0.1, 0.15) is 55.5 Å². The largest absolute Gasteiger partial charge is 0.508 e. The lowest BCUT2D eigenvalue weighted by atomic mass is 9.78. The van der Waals surface area contributed by atoms with Crippen LogP contribution in [0.2, 0.25) is 0 Å². The first-order valence-corrected chi connectivity index (χ1v) is 12.7. The maximum atomic E-state index is 13.9. The van der Waals surface area contributed by atoms with Gasteiger partial charge in [-0.15, -0.1) is 0 Å². The van der Waals surface area contributed by atoms with Gasteiger partial charge in [0.2, 0.25) is 5.78 Å². The van der Waals surface area contributed by atoms with Crippen LogP contribution in [0.15, 0.2) is 54.6 Å². The Balaban J connectivity index is 1.52. The number of fused-ring (bicyclic) bond motifs is 2. The van der Waals surface area contributed by atoms with E-state index in [-0.39, 0.29) is 22.6 Å². The Morgan fingerprint density at radius 3 is 1.70 bits per heavy atom. The van der Waals surface area contributed by atoms with Crippen molar-refractivity contribution in [2.24, 2.45) is 0 Å². The Morgan fingerprint density at radius 1 is 0.535 bits per heavy atom. The lowest BCUT2D eigenvalue weighted by molar-refractivity contribution is 0.0208. The number of carbonyl (C=O) groups is 2. The number of carbonyl (C=O) groups excluding carboxylic acids is 2. The van der Waals surface area contributed by atoms with Crippen molar-refractivity contribution in [3.8, 4) is 57.5 Å². The first-order valence-electron chi connectivity index (χ1n) is 12.7. The molecule has 2 aliphatic heterocycles. The highest BCUT2D eigenvalue weighted by molar-refractivity contribution is 6.10. The molecule has 2 heterocycles. The minimum atomic E-state index is -1.93. The summed E-state index contributed by atoms with van der Waals surface area (Å²) in [5.74, 6) is -9.19. The van der Waals surface area contributed by atoms with E-state index in [4.69, 9.17) is 9.47 Å². The normalized spacial score (nSPS) is 21.0. The fourth-order valence-corrected chi connectivity index (χ4v) is 5.42. The van der Waals surface area contributed by atoms with Crippen LogP contribution in [0.25, 0.3) is 0 Å². The molecule has 9 N–H and O–H groups in total. The van der Waals surface area contributed by atoms with E-state index in [0.717, 1.165) is 42.5 Å². The van der Waals surface area contributed by atoms with Gasteiger partial charge in [-0.05, 0) is 35.4 Å². The molecule has 0 aliphatic carbocycles. The maximum absolute atomic E-state index is 13.9. The van der Waals surface area contributed by atoms with E-state index in [1.165, 1.54) is 12.1 Å². The highest BCUT2D eigenvalue weighted by Gasteiger charge is 2.47. The van der Waals surface area contributed by atoms with Crippen molar-refractivity contribution in [3.63, 3.8) is 0 Å². The monoisotopic (exact) mass is 590 g/mol. The molecule has 0 saturated heterocycles. The van der Waals surface area contributed by atoms with E-state index in [2.05, 4.69) is 0 Å². The molecule has 4 aromatic rings. The van der Waals surface area contributed by atoms with Gasteiger partial charge in [0, 0.05) is 18.2 Å². The number of ether oxygens (including phenoxy) is 2. The molecule has 0 amide bonds. The molecule has 13 heteroatoms. The molecule has 0 bridgehead atoms. The summed E-state index contributed by atoms with van der Waals surface area (Å²) in [7, 11) is 0. The number of aliphatic hydroxyl groups is 1. The molecular weight excluding hydrogens is 568 g/mol. The van der Waals surface area contributed by atoms with Gasteiger partial charge in [-0.2, -0.15) is 0 Å². The molecule has 4 aromatic carbocycles. The molecule has 0 fully saturated rings. The zero-order valence-corrected chi connectivity index (χ0v) is 21.7. The zero-order valence-electron chi connectivity index (χ0n) is 21.7. The van der Waals surface area contributed by atoms with E-state index in [9.17, 15) is 55.5 Å². The van der Waals surface area contributed by atoms with Gasteiger partial charge < -0.3 is 55.4 Å². The average molecular weight is 590 g/mol. The summed E-state index contributed by atoms with van der Waals surface area (Å²) in [4.78, 5) is 27.3. The van der Waals surface area contributed by atoms with Crippen molar-refractivity contribution in [3.05, 3.63) is 82.4 Å². The highest BCUT2D eigenvalue weighted by atomic mass is 16.5. The molecule has 6 rings (SSSR count). The Bertz CT molecular complexity index is 1850. The Hall–Kier alpha value is -5.82. The van der Waals surface area contributed by atoms with Crippen molar-refractivity contribution in [2.45, 2.75) is 24.2 Å². The topological polar surface area (TPSA) is 235 Å². The van der Waals surface area contributed by atoms with Crippen LogP contribution in [0.5, 0.6) is 57.5 Å². The number of phenols is 8. The van der Waals surface area contributed by atoms with E-state index < -0.39 is 98.5 Å². The Labute approximate surface area is 240 Å². The third kappa shape index (κ3) is 4.21. The molecule has 0 spiro atoms. The average Bonchev–Trinajstić information content (AvgIpc) is 2.94. The molecule has 0 aromatic heterocycles. The standard InChI is InChI=1S/C30H22O13/c31-12-7-17(36)21-19(8-12)42-29(10-1-3-13(32)15(34)5-10)24(25(21)38)22-18(37)9-20-23(26(22)39)27(40)28(41)30(43-20)11-2-4-14(33)16(35)6-11/h1-9,24,28-37,39,41H/t24-,28+,29+,30-/m1/s1. The Kier molecular flexibility index (Phi) is 6.13. The fourth-order valence-electron chi connectivity index (χ4n) is 5.42. The zero-order chi connectivity index (χ0) is 30.9. The minimum absolute atomic E-state index is 0.0634. The summed E-state index contributed by atoms with van der Waals surface area (Å²) in [5, 5.41) is 93.3. The number of rotatable bonds is 3. The predicted molar refractivity (Wildman–Crippen MR) is 143 cm³/mol. The molecule has 13 nitrogen and oxygen atoms in total. The molecule has 0 saturated carbocycles. The minimum Gasteiger partial charge on any atom is -0.508 e.